The van der Waals surface area contributed by atoms with E-state index in [1.54, 1.807) is 24.3 Å². The number of hydrogen-bond acceptors (Lipinski definition) is 5. The van der Waals surface area contributed by atoms with E-state index < -0.39 is 8.60 Å². The molecule has 0 aliphatic heterocycles. The van der Waals surface area contributed by atoms with Crippen molar-refractivity contribution >= 4 is 20.6 Å². The first-order valence-electron chi connectivity index (χ1n) is 3.05. The largest absolute Gasteiger partial charge is 0.427 e. The molecule has 0 aliphatic carbocycles. The number of nitrogens with two attached hydrogens (primary N) is 1. The van der Waals surface area contributed by atoms with Crippen molar-refractivity contribution in [1.29, 1.82) is 0 Å². The van der Waals surface area contributed by atoms with Crippen LogP contribution >= 0.6 is 20.6 Å². The van der Waals surface area contributed by atoms with Crippen LogP contribution in [0.3, 0.4) is 0 Å². The molecule has 0 unspecified atom stereocenters. The van der Waals surface area contributed by atoms with E-state index >= 15 is 0 Å². The maximum atomic E-state index is 8.50. The third kappa shape index (κ3) is 2.97. The van der Waals surface area contributed by atoms with E-state index in [4.69, 9.17) is 14.9 Å². The minimum Gasteiger partial charge on any atom is -0.427 e. The maximum absolute atomic E-state index is 8.50. The zero-order valence-corrected chi connectivity index (χ0v) is 7.76. The van der Waals surface area contributed by atoms with E-state index in [1.807, 2.05) is 0 Å². The molecule has 4 N–H and O–H groups in total. The van der Waals surface area contributed by atoms with Gasteiger partial charge in [0.25, 0.3) is 0 Å². The Morgan fingerprint density at radius 2 is 1.83 bits per heavy atom. The van der Waals surface area contributed by atoms with Crippen LogP contribution in [0, 0.1) is 0 Å². The lowest BCUT2D eigenvalue weighted by Crippen LogP contribution is -1.85. The van der Waals surface area contributed by atoms with Gasteiger partial charge in [-0.3, -0.25) is 5.14 Å². The first-order chi connectivity index (χ1) is 5.72. The summed E-state index contributed by atoms with van der Waals surface area (Å²) >= 11 is 1.12. The molecule has 66 valence electrons. The molecule has 0 aliphatic rings. The van der Waals surface area contributed by atoms with Crippen molar-refractivity contribution in [2.24, 2.45) is 5.14 Å². The monoisotopic (exact) mass is 205 g/mol. The van der Waals surface area contributed by atoms with Gasteiger partial charge in [0.05, 0.1) is 0 Å². The van der Waals surface area contributed by atoms with Crippen molar-refractivity contribution in [2.45, 2.75) is 4.90 Å². The first kappa shape index (κ1) is 9.77. The van der Waals surface area contributed by atoms with E-state index in [1.165, 1.54) is 0 Å². The fourth-order valence-corrected chi connectivity index (χ4v) is 1.28. The molecule has 0 heterocycles. The van der Waals surface area contributed by atoms with Crippen LogP contribution in [-0.2, 0) is 0 Å². The molecule has 0 saturated carbocycles. The summed E-state index contributed by atoms with van der Waals surface area (Å²) in [5.41, 5.74) is 0. The van der Waals surface area contributed by atoms with Crippen LogP contribution in [0.4, 0.5) is 0 Å². The Bertz CT molecular complexity index is 241. The summed E-state index contributed by atoms with van der Waals surface area (Å²) in [4.78, 5) is 17.9. The lowest BCUT2D eigenvalue weighted by Gasteiger charge is -2.04. The standard InChI is InChI=1S/C6H8NO3PS/c7-12-6-3-1-5(2-4-6)10-11(8)9/h1-4,8-9H,7H2. The zero-order chi connectivity index (χ0) is 8.97. The van der Waals surface area contributed by atoms with E-state index in [9.17, 15) is 0 Å². The molecular weight excluding hydrogens is 197 g/mol. The molecule has 0 spiro atoms. The van der Waals surface area contributed by atoms with Crippen molar-refractivity contribution in [3.63, 3.8) is 0 Å². The fraction of sp³-hybridized carbons (Fsp3) is 0. The number of benzene rings is 1. The molecule has 6 heteroatoms. The topological polar surface area (TPSA) is 75.7 Å². The highest BCUT2D eigenvalue weighted by molar-refractivity contribution is 7.97. The van der Waals surface area contributed by atoms with Gasteiger partial charge < -0.3 is 14.3 Å². The Labute approximate surface area is 75.5 Å². The normalized spacial score (nSPS) is 10.3. The van der Waals surface area contributed by atoms with Crippen LogP contribution in [0.15, 0.2) is 29.2 Å². The Kier molecular flexibility index (Phi) is 3.78. The molecule has 0 amide bonds. The van der Waals surface area contributed by atoms with Crippen molar-refractivity contribution in [3.8, 4) is 5.75 Å². The smallest absolute Gasteiger partial charge is 0.391 e. The van der Waals surface area contributed by atoms with Crippen LogP contribution < -0.4 is 9.66 Å². The summed E-state index contributed by atoms with van der Waals surface area (Å²) in [5.74, 6) is 0.420. The quantitative estimate of drug-likeness (QED) is 0.511. The van der Waals surface area contributed by atoms with Crippen molar-refractivity contribution in [1.82, 2.24) is 0 Å². The summed E-state index contributed by atoms with van der Waals surface area (Å²) in [6.45, 7) is 0. The van der Waals surface area contributed by atoms with Gasteiger partial charge in [-0.05, 0) is 36.2 Å². The second kappa shape index (κ2) is 4.64. The summed E-state index contributed by atoms with van der Waals surface area (Å²) in [6, 6.07) is 6.71. The maximum Gasteiger partial charge on any atom is 0.391 e. The molecule has 12 heavy (non-hydrogen) atoms. The first-order valence-corrected chi connectivity index (χ1v) is 5.09. The van der Waals surface area contributed by atoms with Gasteiger partial charge in [-0.2, -0.15) is 0 Å². The van der Waals surface area contributed by atoms with Crippen LogP contribution in [0.25, 0.3) is 0 Å². The predicted octanol–water partition coefficient (Wildman–Crippen LogP) is 1.24. The molecule has 0 fully saturated rings. The molecule has 0 bridgehead atoms. The Morgan fingerprint density at radius 1 is 1.25 bits per heavy atom. The molecule has 1 aromatic carbocycles. The lowest BCUT2D eigenvalue weighted by atomic mass is 10.3. The van der Waals surface area contributed by atoms with Gasteiger partial charge in [0.15, 0.2) is 0 Å². The van der Waals surface area contributed by atoms with Crippen LogP contribution in [0.1, 0.15) is 0 Å². The van der Waals surface area contributed by atoms with Gasteiger partial charge in [-0.1, -0.05) is 0 Å². The Balaban J connectivity index is 2.65. The zero-order valence-electron chi connectivity index (χ0n) is 6.04. The number of hydrogen-bond donors (Lipinski definition) is 3. The second-order valence-electron chi connectivity index (χ2n) is 1.93. The molecule has 1 rings (SSSR count). The van der Waals surface area contributed by atoms with Gasteiger partial charge in [0.2, 0.25) is 0 Å². The molecule has 0 aromatic heterocycles. The van der Waals surface area contributed by atoms with Crippen LogP contribution in [0.5, 0.6) is 5.75 Å². The average molecular weight is 205 g/mol. The van der Waals surface area contributed by atoms with E-state index in [-0.39, 0.29) is 0 Å². The van der Waals surface area contributed by atoms with Crippen molar-refractivity contribution < 1.29 is 14.3 Å². The van der Waals surface area contributed by atoms with Gasteiger partial charge in [0, 0.05) is 4.90 Å². The Hall–Kier alpha value is -0.320. The van der Waals surface area contributed by atoms with Gasteiger partial charge >= 0.3 is 8.60 Å². The highest BCUT2D eigenvalue weighted by Gasteiger charge is 2.01. The second-order valence-corrected chi connectivity index (χ2v) is 3.33. The number of rotatable bonds is 3. The molecule has 0 saturated heterocycles. The SMILES string of the molecule is NSc1ccc(OP(O)O)cc1. The van der Waals surface area contributed by atoms with Crippen LogP contribution in [-0.4, -0.2) is 9.79 Å². The highest BCUT2D eigenvalue weighted by atomic mass is 32.2. The van der Waals surface area contributed by atoms with E-state index in [0.717, 1.165) is 16.8 Å². The minimum absolute atomic E-state index is 0.420. The average Bonchev–Trinajstić information content (AvgIpc) is 2.05. The van der Waals surface area contributed by atoms with Gasteiger partial charge in [-0.25, -0.2) is 0 Å². The highest BCUT2D eigenvalue weighted by Crippen LogP contribution is 2.29. The van der Waals surface area contributed by atoms with E-state index in [2.05, 4.69) is 4.52 Å². The van der Waals surface area contributed by atoms with E-state index in [0.29, 0.717) is 5.75 Å². The molecule has 4 nitrogen and oxygen atoms in total. The fourth-order valence-electron chi connectivity index (χ4n) is 0.673. The van der Waals surface area contributed by atoms with Gasteiger partial charge in [-0.15, -0.1) is 0 Å². The van der Waals surface area contributed by atoms with Crippen LogP contribution in [0.2, 0.25) is 0 Å². The van der Waals surface area contributed by atoms with Crippen molar-refractivity contribution in [3.05, 3.63) is 24.3 Å². The third-order valence-electron chi connectivity index (χ3n) is 1.15. The minimum atomic E-state index is -2.33. The molecule has 1 aromatic rings. The summed E-state index contributed by atoms with van der Waals surface area (Å²) in [6.07, 6.45) is 0. The molecule has 0 atom stereocenters. The molecule has 0 radical (unpaired) electrons. The van der Waals surface area contributed by atoms with Gasteiger partial charge in [0.1, 0.15) is 5.75 Å². The summed E-state index contributed by atoms with van der Waals surface area (Å²) in [5, 5.41) is 5.28. The Morgan fingerprint density at radius 3 is 2.25 bits per heavy atom. The van der Waals surface area contributed by atoms with Crippen molar-refractivity contribution in [2.75, 3.05) is 0 Å². The summed E-state index contributed by atoms with van der Waals surface area (Å²) < 4.78 is 4.64. The third-order valence-corrected chi connectivity index (χ3v) is 2.07. The lowest BCUT2D eigenvalue weighted by molar-refractivity contribution is 0.375. The molecular formula is C6H8NO3PS. The predicted molar refractivity (Wildman–Crippen MR) is 48.5 cm³/mol. The summed E-state index contributed by atoms with van der Waals surface area (Å²) in [7, 11) is -2.33.